The van der Waals surface area contributed by atoms with Crippen LogP contribution in [0.2, 0.25) is 5.02 Å². The van der Waals surface area contributed by atoms with Gasteiger partial charge in [-0.3, -0.25) is 0 Å². The van der Waals surface area contributed by atoms with Gasteiger partial charge in [-0.05, 0) is 54.8 Å². The second-order valence-electron chi connectivity index (χ2n) is 5.69. The number of nitrogens with zero attached hydrogens (tertiary/aromatic N) is 2. The molecule has 1 aromatic heterocycles. The lowest BCUT2D eigenvalue weighted by Crippen LogP contribution is -2.26. The summed E-state index contributed by atoms with van der Waals surface area (Å²) < 4.78 is 29.2. The molecule has 0 aliphatic carbocycles. The predicted molar refractivity (Wildman–Crippen MR) is 98.6 cm³/mol. The number of sulfonamides is 1. The lowest BCUT2D eigenvalue weighted by Gasteiger charge is -2.09. The van der Waals surface area contributed by atoms with E-state index in [2.05, 4.69) is 9.82 Å². The number of hydrogen-bond donors (Lipinski definition) is 1. The van der Waals surface area contributed by atoms with Crippen molar-refractivity contribution in [1.29, 1.82) is 0 Å². The van der Waals surface area contributed by atoms with Crippen molar-refractivity contribution in [2.75, 3.05) is 6.54 Å². The summed E-state index contributed by atoms with van der Waals surface area (Å²) >= 11 is 5.88. The lowest BCUT2D eigenvalue weighted by molar-refractivity contribution is 0.581. The van der Waals surface area contributed by atoms with Crippen LogP contribution in [0, 0.1) is 6.92 Å². The first-order chi connectivity index (χ1) is 12.0. The predicted octanol–water partition coefficient (Wildman–Crippen LogP) is 3.36. The van der Waals surface area contributed by atoms with E-state index in [0.717, 1.165) is 11.3 Å². The average molecular weight is 376 g/mol. The summed E-state index contributed by atoms with van der Waals surface area (Å²) in [7, 11) is -3.56. The molecule has 0 radical (unpaired) electrons. The fourth-order valence-electron chi connectivity index (χ4n) is 2.53. The first-order valence-corrected chi connectivity index (χ1v) is 9.66. The molecular weight excluding hydrogens is 358 g/mol. The summed E-state index contributed by atoms with van der Waals surface area (Å²) in [6.45, 7) is 2.02. The molecule has 3 rings (SSSR count). The zero-order chi connectivity index (χ0) is 17.9. The summed E-state index contributed by atoms with van der Waals surface area (Å²) in [5.74, 6) is 0. The van der Waals surface area contributed by atoms with Crippen LogP contribution < -0.4 is 4.72 Å². The van der Waals surface area contributed by atoms with Gasteiger partial charge in [0.25, 0.3) is 0 Å². The molecule has 0 spiro atoms. The Morgan fingerprint density at radius 1 is 1.16 bits per heavy atom. The zero-order valence-electron chi connectivity index (χ0n) is 13.7. The van der Waals surface area contributed by atoms with Crippen molar-refractivity contribution in [1.82, 2.24) is 14.5 Å². The highest BCUT2D eigenvalue weighted by Crippen LogP contribution is 2.19. The van der Waals surface area contributed by atoms with Crippen LogP contribution >= 0.6 is 11.6 Å². The van der Waals surface area contributed by atoms with Gasteiger partial charge in [0.15, 0.2) is 0 Å². The molecule has 0 bridgehead atoms. The molecule has 0 aliphatic heterocycles. The van der Waals surface area contributed by atoms with Crippen LogP contribution in [-0.4, -0.2) is 24.7 Å². The number of rotatable bonds is 6. The third-order valence-electron chi connectivity index (χ3n) is 3.79. The fraction of sp³-hybridized carbons (Fsp3) is 0.167. The van der Waals surface area contributed by atoms with Crippen molar-refractivity contribution in [2.45, 2.75) is 18.2 Å². The summed E-state index contributed by atoms with van der Waals surface area (Å²) in [5, 5.41) is 4.83. The Morgan fingerprint density at radius 3 is 2.64 bits per heavy atom. The van der Waals surface area contributed by atoms with Crippen molar-refractivity contribution in [3.05, 3.63) is 77.1 Å². The van der Waals surface area contributed by atoms with Gasteiger partial charge in [-0.25, -0.2) is 17.8 Å². The minimum Gasteiger partial charge on any atom is -0.241 e. The smallest absolute Gasteiger partial charge is 0.240 e. The van der Waals surface area contributed by atoms with Gasteiger partial charge in [-0.2, -0.15) is 5.10 Å². The quantitative estimate of drug-likeness (QED) is 0.718. The molecule has 0 atom stereocenters. The van der Waals surface area contributed by atoms with Gasteiger partial charge < -0.3 is 0 Å². The molecule has 2 aromatic carbocycles. The van der Waals surface area contributed by atoms with Gasteiger partial charge in [0.05, 0.1) is 16.8 Å². The number of halogens is 1. The lowest BCUT2D eigenvalue weighted by atomic mass is 10.2. The molecule has 5 nitrogen and oxygen atoms in total. The highest BCUT2D eigenvalue weighted by Gasteiger charge is 2.16. The Bertz CT molecular complexity index is 969. The van der Waals surface area contributed by atoms with E-state index in [1.54, 1.807) is 29.9 Å². The minimum absolute atomic E-state index is 0.247. The first-order valence-electron chi connectivity index (χ1n) is 7.80. The van der Waals surface area contributed by atoms with E-state index in [9.17, 15) is 8.42 Å². The monoisotopic (exact) mass is 375 g/mol. The first kappa shape index (κ1) is 17.7. The molecule has 0 amide bonds. The summed E-state index contributed by atoms with van der Waals surface area (Å²) in [4.78, 5) is 0.247. The number of para-hydroxylation sites is 1. The third kappa shape index (κ3) is 4.28. The molecular formula is C18H18ClN3O2S. The van der Waals surface area contributed by atoms with Crippen molar-refractivity contribution < 1.29 is 8.42 Å². The van der Waals surface area contributed by atoms with Gasteiger partial charge in [-0.15, -0.1) is 0 Å². The average Bonchev–Trinajstić information content (AvgIpc) is 3.04. The van der Waals surface area contributed by atoms with Crippen LogP contribution in [0.4, 0.5) is 0 Å². The normalized spacial score (nSPS) is 11.6. The van der Waals surface area contributed by atoms with Crippen molar-refractivity contribution in [3.63, 3.8) is 0 Å². The second-order valence-corrected chi connectivity index (χ2v) is 7.86. The van der Waals surface area contributed by atoms with Crippen molar-refractivity contribution in [3.8, 4) is 5.69 Å². The Hall–Kier alpha value is -2.15. The molecule has 0 unspecified atom stereocenters. The molecule has 0 fully saturated rings. The number of hydrogen-bond acceptors (Lipinski definition) is 3. The van der Waals surface area contributed by atoms with Crippen LogP contribution in [0.25, 0.3) is 5.69 Å². The van der Waals surface area contributed by atoms with Gasteiger partial charge >= 0.3 is 0 Å². The Balaban J connectivity index is 1.64. The highest BCUT2D eigenvalue weighted by molar-refractivity contribution is 7.89. The van der Waals surface area contributed by atoms with Gasteiger partial charge in [0.1, 0.15) is 0 Å². The molecule has 0 saturated heterocycles. The molecule has 7 heteroatoms. The maximum absolute atomic E-state index is 12.4. The van der Waals surface area contributed by atoms with Crippen LogP contribution in [0.15, 0.2) is 65.8 Å². The molecule has 1 heterocycles. The van der Waals surface area contributed by atoms with Crippen LogP contribution in [0.5, 0.6) is 0 Å². The van der Waals surface area contributed by atoms with E-state index in [1.807, 2.05) is 36.5 Å². The minimum atomic E-state index is -3.56. The topological polar surface area (TPSA) is 64.0 Å². The molecule has 0 saturated carbocycles. The molecule has 130 valence electrons. The molecule has 3 aromatic rings. The number of aryl methyl sites for hydroxylation is 1. The van der Waals surface area contributed by atoms with E-state index >= 15 is 0 Å². The van der Waals surface area contributed by atoms with Gasteiger partial charge in [0, 0.05) is 17.8 Å². The number of benzene rings is 2. The van der Waals surface area contributed by atoms with E-state index in [4.69, 9.17) is 11.6 Å². The number of aromatic nitrogens is 2. The van der Waals surface area contributed by atoms with E-state index in [1.165, 1.54) is 6.07 Å². The summed E-state index contributed by atoms with van der Waals surface area (Å²) in [6.07, 6.45) is 4.20. The van der Waals surface area contributed by atoms with Crippen LogP contribution in [0.3, 0.4) is 0 Å². The Morgan fingerprint density at radius 2 is 1.92 bits per heavy atom. The standard InChI is InChI=1S/C18H18ClN3O2S/c1-14-11-16(19)7-8-18(14)25(23,24)21-10-9-15-12-20-22(13-15)17-5-3-2-4-6-17/h2-8,11-13,21H,9-10H2,1H3. The number of nitrogens with one attached hydrogen (secondary N) is 1. The molecule has 1 N–H and O–H groups in total. The largest absolute Gasteiger partial charge is 0.241 e. The van der Waals surface area contributed by atoms with Crippen LogP contribution in [-0.2, 0) is 16.4 Å². The van der Waals surface area contributed by atoms with E-state index < -0.39 is 10.0 Å². The summed E-state index contributed by atoms with van der Waals surface area (Å²) in [5.41, 5.74) is 2.54. The second kappa shape index (κ2) is 7.39. The molecule has 0 aliphatic rings. The van der Waals surface area contributed by atoms with Crippen molar-refractivity contribution >= 4 is 21.6 Å². The third-order valence-corrected chi connectivity index (χ3v) is 5.65. The van der Waals surface area contributed by atoms with Crippen molar-refractivity contribution in [2.24, 2.45) is 0 Å². The summed E-state index contributed by atoms with van der Waals surface area (Å²) in [6, 6.07) is 14.5. The SMILES string of the molecule is Cc1cc(Cl)ccc1S(=O)(=O)NCCc1cnn(-c2ccccc2)c1. The Labute approximate surface area is 152 Å². The zero-order valence-corrected chi connectivity index (χ0v) is 15.3. The maximum Gasteiger partial charge on any atom is 0.240 e. The molecule has 25 heavy (non-hydrogen) atoms. The maximum atomic E-state index is 12.4. The van der Waals surface area contributed by atoms with E-state index in [0.29, 0.717) is 23.6 Å². The Kier molecular flexibility index (Phi) is 5.22. The van der Waals surface area contributed by atoms with E-state index in [-0.39, 0.29) is 4.90 Å². The van der Waals surface area contributed by atoms with Crippen LogP contribution in [0.1, 0.15) is 11.1 Å². The van der Waals surface area contributed by atoms with Gasteiger partial charge in [-0.1, -0.05) is 29.8 Å². The fourth-order valence-corrected chi connectivity index (χ4v) is 4.02. The van der Waals surface area contributed by atoms with Gasteiger partial charge in [0.2, 0.25) is 10.0 Å². The highest BCUT2D eigenvalue weighted by atomic mass is 35.5.